The first-order valence-electron chi connectivity index (χ1n) is 7.96. The molecule has 0 saturated heterocycles. The molecule has 0 unspecified atom stereocenters. The summed E-state index contributed by atoms with van der Waals surface area (Å²) < 4.78 is 6.95. The molecule has 0 bridgehead atoms. The largest absolute Gasteiger partial charge is 0.435 e. The van der Waals surface area contributed by atoms with E-state index in [9.17, 15) is 0 Å². The van der Waals surface area contributed by atoms with Crippen molar-refractivity contribution in [2.45, 2.75) is 46.0 Å². The number of benzene rings is 2. The first-order valence-corrected chi connectivity index (χ1v) is 8.76. The van der Waals surface area contributed by atoms with Gasteiger partial charge < -0.3 is 4.42 Å². The molecule has 1 aromatic heterocycles. The zero-order valence-corrected chi connectivity index (χ0v) is 15.9. The van der Waals surface area contributed by atoms with Crippen molar-refractivity contribution in [3.63, 3.8) is 0 Å². The highest BCUT2D eigenvalue weighted by Gasteiger charge is 2.16. The molecule has 0 radical (unpaired) electrons. The summed E-state index contributed by atoms with van der Waals surface area (Å²) in [6.07, 6.45) is 0. The minimum absolute atomic E-state index is 0.148. The molecule has 3 rings (SSSR count). The van der Waals surface area contributed by atoms with Crippen LogP contribution in [0, 0.1) is 0 Å². The minimum Gasteiger partial charge on any atom is -0.435 e. The molecular weight excluding hydrogens is 350 g/mol. The molecule has 1 heterocycles. The Morgan fingerprint density at radius 1 is 1.04 bits per heavy atom. The molecule has 120 valence electrons. The Balaban J connectivity index is 2.05. The Hall–Kier alpha value is -1.61. The summed E-state index contributed by atoms with van der Waals surface area (Å²) in [4.78, 5) is 4.68. The number of halogens is 1. The lowest BCUT2D eigenvalue weighted by Gasteiger charge is -2.18. The van der Waals surface area contributed by atoms with E-state index in [0.29, 0.717) is 11.8 Å². The molecule has 0 aliphatic rings. The standard InChI is InChI=1S/C20H22BrNO/c1-12(2)14-10-16(21)18-17(11-14)22-19(23-18)13-6-8-15(9-7-13)20(3,4)5/h6-12H,1-5H3. The summed E-state index contributed by atoms with van der Waals surface area (Å²) >= 11 is 3.61. The maximum absolute atomic E-state index is 5.99. The normalized spacial score (nSPS) is 12.3. The van der Waals surface area contributed by atoms with Gasteiger partial charge in [0, 0.05) is 5.56 Å². The molecule has 2 nitrogen and oxygen atoms in total. The number of oxazole rings is 1. The van der Waals surface area contributed by atoms with E-state index in [1.807, 2.05) is 0 Å². The molecule has 2 aromatic carbocycles. The molecule has 3 aromatic rings. The quantitative estimate of drug-likeness (QED) is 0.502. The SMILES string of the molecule is CC(C)c1cc(Br)c2oc(-c3ccc(C(C)(C)C)cc3)nc2c1. The summed E-state index contributed by atoms with van der Waals surface area (Å²) in [6, 6.07) is 12.7. The van der Waals surface area contributed by atoms with Crippen LogP contribution in [0.3, 0.4) is 0 Å². The molecule has 0 spiro atoms. The zero-order chi connectivity index (χ0) is 16.8. The highest BCUT2D eigenvalue weighted by Crippen LogP contribution is 2.33. The Labute approximate surface area is 146 Å². The average molecular weight is 372 g/mol. The van der Waals surface area contributed by atoms with Gasteiger partial charge in [-0.15, -0.1) is 0 Å². The predicted octanol–water partition coefficient (Wildman–Crippen LogP) is 6.68. The van der Waals surface area contributed by atoms with Gasteiger partial charge in [0.05, 0.1) is 4.47 Å². The summed E-state index contributed by atoms with van der Waals surface area (Å²) in [6.45, 7) is 11.0. The van der Waals surface area contributed by atoms with E-state index < -0.39 is 0 Å². The van der Waals surface area contributed by atoms with E-state index in [2.05, 4.69) is 91.9 Å². The van der Waals surface area contributed by atoms with Gasteiger partial charge in [0.1, 0.15) is 5.52 Å². The van der Waals surface area contributed by atoms with E-state index in [0.717, 1.165) is 21.1 Å². The van der Waals surface area contributed by atoms with E-state index in [1.54, 1.807) is 0 Å². The van der Waals surface area contributed by atoms with Gasteiger partial charge in [0.25, 0.3) is 0 Å². The van der Waals surface area contributed by atoms with Crippen molar-refractivity contribution in [2.75, 3.05) is 0 Å². The summed E-state index contributed by atoms with van der Waals surface area (Å²) in [5, 5.41) is 0. The van der Waals surface area contributed by atoms with Crippen LogP contribution in [0.15, 0.2) is 45.3 Å². The van der Waals surface area contributed by atoms with Gasteiger partial charge in [-0.05, 0) is 62.7 Å². The van der Waals surface area contributed by atoms with Crippen molar-refractivity contribution in [2.24, 2.45) is 0 Å². The summed E-state index contributed by atoms with van der Waals surface area (Å²) in [5.74, 6) is 1.13. The van der Waals surface area contributed by atoms with Crippen molar-refractivity contribution in [3.05, 3.63) is 52.0 Å². The molecule has 0 N–H and O–H groups in total. The number of aromatic nitrogens is 1. The van der Waals surface area contributed by atoms with Crippen LogP contribution in [0.25, 0.3) is 22.6 Å². The van der Waals surface area contributed by atoms with Gasteiger partial charge in [-0.2, -0.15) is 0 Å². The van der Waals surface area contributed by atoms with Crippen molar-refractivity contribution >= 4 is 27.0 Å². The summed E-state index contributed by atoms with van der Waals surface area (Å²) in [5.41, 5.74) is 5.43. The molecule has 0 amide bonds. The fourth-order valence-electron chi connectivity index (χ4n) is 2.58. The second-order valence-corrected chi connectivity index (χ2v) is 8.21. The Morgan fingerprint density at radius 3 is 2.26 bits per heavy atom. The Bertz CT molecular complexity index is 838. The maximum Gasteiger partial charge on any atom is 0.227 e. The molecule has 0 aliphatic carbocycles. The van der Waals surface area contributed by atoms with Gasteiger partial charge >= 0.3 is 0 Å². The third-order valence-electron chi connectivity index (χ3n) is 4.13. The monoisotopic (exact) mass is 371 g/mol. The van der Waals surface area contributed by atoms with Crippen LogP contribution in [-0.2, 0) is 5.41 Å². The molecule has 0 saturated carbocycles. The lowest BCUT2D eigenvalue weighted by atomic mass is 9.87. The number of nitrogens with zero attached hydrogens (tertiary/aromatic N) is 1. The smallest absolute Gasteiger partial charge is 0.227 e. The average Bonchev–Trinajstić information content (AvgIpc) is 2.91. The van der Waals surface area contributed by atoms with Crippen molar-refractivity contribution < 1.29 is 4.42 Å². The van der Waals surface area contributed by atoms with Crippen LogP contribution in [0.2, 0.25) is 0 Å². The van der Waals surface area contributed by atoms with E-state index in [1.165, 1.54) is 11.1 Å². The predicted molar refractivity (Wildman–Crippen MR) is 99.9 cm³/mol. The maximum atomic E-state index is 5.99. The van der Waals surface area contributed by atoms with Gasteiger partial charge in [0.2, 0.25) is 5.89 Å². The van der Waals surface area contributed by atoms with Crippen LogP contribution < -0.4 is 0 Å². The van der Waals surface area contributed by atoms with Crippen molar-refractivity contribution in [1.29, 1.82) is 0 Å². The fraction of sp³-hybridized carbons (Fsp3) is 0.350. The molecule has 0 aliphatic heterocycles. The molecule has 0 fully saturated rings. The highest BCUT2D eigenvalue weighted by molar-refractivity contribution is 9.10. The number of hydrogen-bond acceptors (Lipinski definition) is 2. The lowest BCUT2D eigenvalue weighted by Crippen LogP contribution is -2.10. The molecular formula is C20H22BrNO. The van der Waals surface area contributed by atoms with Crippen LogP contribution >= 0.6 is 15.9 Å². The number of fused-ring (bicyclic) bond motifs is 1. The van der Waals surface area contributed by atoms with E-state index in [4.69, 9.17) is 4.42 Å². The van der Waals surface area contributed by atoms with Crippen LogP contribution in [0.5, 0.6) is 0 Å². The zero-order valence-electron chi connectivity index (χ0n) is 14.3. The second kappa shape index (κ2) is 5.79. The highest BCUT2D eigenvalue weighted by atomic mass is 79.9. The third kappa shape index (κ3) is 3.20. The van der Waals surface area contributed by atoms with Crippen molar-refractivity contribution in [1.82, 2.24) is 4.98 Å². The summed E-state index contributed by atoms with van der Waals surface area (Å²) in [7, 11) is 0. The minimum atomic E-state index is 0.148. The first-order chi connectivity index (χ1) is 10.8. The van der Waals surface area contributed by atoms with E-state index in [-0.39, 0.29) is 5.41 Å². The fourth-order valence-corrected chi connectivity index (χ4v) is 3.13. The first kappa shape index (κ1) is 16.3. The van der Waals surface area contributed by atoms with Gasteiger partial charge in [-0.25, -0.2) is 4.98 Å². The number of rotatable bonds is 2. The van der Waals surface area contributed by atoms with Gasteiger partial charge in [-0.1, -0.05) is 46.8 Å². The Morgan fingerprint density at radius 2 is 1.70 bits per heavy atom. The van der Waals surface area contributed by atoms with Crippen LogP contribution in [-0.4, -0.2) is 4.98 Å². The van der Waals surface area contributed by atoms with Crippen LogP contribution in [0.4, 0.5) is 0 Å². The second-order valence-electron chi connectivity index (χ2n) is 7.35. The third-order valence-corrected chi connectivity index (χ3v) is 4.72. The van der Waals surface area contributed by atoms with E-state index >= 15 is 0 Å². The van der Waals surface area contributed by atoms with Gasteiger partial charge in [0.15, 0.2) is 5.58 Å². The number of hydrogen-bond donors (Lipinski definition) is 0. The molecule has 3 heteroatoms. The molecule has 23 heavy (non-hydrogen) atoms. The van der Waals surface area contributed by atoms with Gasteiger partial charge in [-0.3, -0.25) is 0 Å². The topological polar surface area (TPSA) is 26.0 Å². The Kier molecular flexibility index (Phi) is 4.09. The molecule has 0 atom stereocenters. The van der Waals surface area contributed by atoms with Crippen molar-refractivity contribution in [3.8, 4) is 11.5 Å². The van der Waals surface area contributed by atoms with Crippen LogP contribution in [0.1, 0.15) is 51.7 Å². The lowest BCUT2D eigenvalue weighted by molar-refractivity contribution is 0.589.